The van der Waals surface area contributed by atoms with E-state index in [1.807, 2.05) is 12.1 Å². The highest BCUT2D eigenvalue weighted by Gasteiger charge is 2.04. The second-order valence-corrected chi connectivity index (χ2v) is 5.77. The lowest BCUT2D eigenvalue weighted by Gasteiger charge is -2.14. The molecule has 1 aromatic rings. The van der Waals surface area contributed by atoms with Crippen LogP contribution in [0, 0.1) is 0 Å². The molecule has 0 spiro atoms. The van der Waals surface area contributed by atoms with Crippen molar-refractivity contribution in [3.05, 3.63) is 27.4 Å². The van der Waals surface area contributed by atoms with Crippen LogP contribution >= 0.6 is 22.9 Å². The number of aliphatic hydroxyl groups is 1. The van der Waals surface area contributed by atoms with Crippen molar-refractivity contribution in [2.75, 3.05) is 20.2 Å². The van der Waals surface area contributed by atoms with E-state index in [0.717, 1.165) is 28.5 Å². The Balaban J connectivity index is 2.33. The first-order valence-corrected chi connectivity index (χ1v) is 7.12. The highest BCUT2D eigenvalue weighted by atomic mass is 35.5. The first-order chi connectivity index (χ1) is 8.63. The molecule has 1 N–H and O–H groups in total. The van der Waals surface area contributed by atoms with Crippen LogP contribution in [0.5, 0.6) is 0 Å². The van der Waals surface area contributed by atoms with Crippen LogP contribution in [0.25, 0.3) is 6.08 Å². The normalized spacial score (nSPS) is 11.1. The molecular weight excluding hydrogens is 270 g/mol. The van der Waals surface area contributed by atoms with E-state index in [9.17, 15) is 4.79 Å². The molecule has 0 aliphatic heterocycles. The molecule has 0 radical (unpaired) electrons. The minimum absolute atomic E-state index is 0.0106. The number of likely N-dealkylation sites (N-methyl/N-ethyl adjacent to an activating group) is 1. The highest BCUT2D eigenvalue weighted by molar-refractivity contribution is 7.17. The largest absolute Gasteiger partial charge is 0.396 e. The Hall–Kier alpha value is -0.840. The van der Waals surface area contributed by atoms with Crippen molar-refractivity contribution in [1.82, 2.24) is 4.90 Å². The molecule has 5 heteroatoms. The van der Waals surface area contributed by atoms with Crippen molar-refractivity contribution < 1.29 is 9.90 Å². The fourth-order valence-corrected chi connectivity index (χ4v) is 2.41. The number of unbranched alkanes of at least 4 members (excludes halogenated alkanes) is 2. The van der Waals surface area contributed by atoms with Gasteiger partial charge in [0.2, 0.25) is 5.91 Å². The van der Waals surface area contributed by atoms with Crippen LogP contribution in [0.1, 0.15) is 24.1 Å². The van der Waals surface area contributed by atoms with Crippen molar-refractivity contribution in [3.8, 4) is 0 Å². The zero-order valence-electron chi connectivity index (χ0n) is 10.4. The summed E-state index contributed by atoms with van der Waals surface area (Å²) in [6.45, 7) is 0.936. The molecule has 18 heavy (non-hydrogen) atoms. The van der Waals surface area contributed by atoms with Gasteiger partial charge in [-0.1, -0.05) is 11.6 Å². The molecule has 0 saturated carbocycles. The van der Waals surface area contributed by atoms with Gasteiger partial charge in [0.25, 0.3) is 0 Å². The summed E-state index contributed by atoms with van der Waals surface area (Å²) in [6, 6.07) is 3.70. The third-order valence-electron chi connectivity index (χ3n) is 2.51. The average molecular weight is 288 g/mol. The van der Waals surface area contributed by atoms with E-state index in [-0.39, 0.29) is 12.5 Å². The summed E-state index contributed by atoms with van der Waals surface area (Å²) in [7, 11) is 1.78. The van der Waals surface area contributed by atoms with E-state index in [4.69, 9.17) is 16.7 Å². The lowest BCUT2D eigenvalue weighted by Crippen LogP contribution is -2.25. The Morgan fingerprint density at radius 1 is 1.44 bits per heavy atom. The lowest BCUT2D eigenvalue weighted by atomic mass is 10.2. The number of carbonyl (C=O) groups is 1. The van der Waals surface area contributed by atoms with E-state index < -0.39 is 0 Å². The summed E-state index contributed by atoms with van der Waals surface area (Å²) in [5.74, 6) is -0.0106. The Bertz CT molecular complexity index is 403. The first-order valence-electron chi connectivity index (χ1n) is 5.93. The molecule has 100 valence electrons. The van der Waals surface area contributed by atoms with Gasteiger partial charge in [-0.2, -0.15) is 0 Å². The molecule has 0 unspecified atom stereocenters. The number of carbonyl (C=O) groups excluding carboxylic acids is 1. The summed E-state index contributed by atoms with van der Waals surface area (Å²) >= 11 is 7.25. The van der Waals surface area contributed by atoms with Gasteiger partial charge < -0.3 is 10.0 Å². The second-order valence-electron chi connectivity index (χ2n) is 4.02. The Kier molecular flexibility index (Phi) is 7.01. The van der Waals surface area contributed by atoms with Crippen LogP contribution in [-0.2, 0) is 4.79 Å². The Morgan fingerprint density at radius 3 is 2.83 bits per heavy atom. The van der Waals surface area contributed by atoms with E-state index in [0.29, 0.717) is 6.54 Å². The summed E-state index contributed by atoms with van der Waals surface area (Å²) in [4.78, 5) is 14.4. The quantitative estimate of drug-likeness (QED) is 0.618. The van der Waals surface area contributed by atoms with E-state index in [2.05, 4.69) is 0 Å². The minimum Gasteiger partial charge on any atom is -0.396 e. The van der Waals surface area contributed by atoms with Crippen molar-refractivity contribution in [2.24, 2.45) is 0 Å². The summed E-state index contributed by atoms with van der Waals surface area (Å²) < 4.78 is 0.722. The molecule has 0 bridgehead atoms. The molecule has 1 rings (SSSR count). The zero-order chi connectivity index (χ0) is 13.4. The molecule has 1 aromatic heterocycles. The van der Waals surface area contributed by atoms with E-state index in [1.165, 1.54) is 11.3 Å². The first kappa shape index (κ1) is 15.2. The van der Waals surface area contributed by atoms with Crippen LogP contribution in [-0.4, -0.2) is 36.1 Å². The maximum Gasteiger partial charge on any atom is 0.246 e. The number of nitrogens with zero attached hydrogens (tertiary/aromatic N) is 1. The van der Waals surface area contributed by atoms with E-state index in [1.54, 1.807) is 24.1 Å². The van der Waals surface area contributed by atoms with Crippen LogP contribution in [0.3, 0.4) is 0 Å². The number of thiophene rings is 1. The molecule has 0 aromatic carbocycles. The van der Waals surface area contributed by atoms with Gasteiger partial charge in [0.15, 0.2) is 0 Å². The fraction of sp³-hybridized carbons (Fsp3) is 0.462. The molecule has 1 amide bonds. The molecule has 3 nitrogen and oxygen atoms in total. The van der Waals surface area contributed by atoms with Gasteiger partial charge >= 0.3 is 0 Å². The molecule has 0 saturated heterocycles. The van der Waals surface area contributed by atoms with Crippen LogP contribution < -0.4 is 0 Å². The van der Waals surface area contributed by atoms with Crippen LogP contribution in [0.2, 0.25) is 4.34 Å². The molecule has 0 atom stereocenters. The summed E-state index contributed by atoms with van der Waals surface area (Å²) in [5.41, 5.74) is 0. The predicted molar refractivity (Wildman–Crippen MR) is 76.9 cm³/mol. The molecular formula is C13H18ClNO2S. The van der Waals surface area contributed by atoms with Gasteiger partial charge in [0, 0.05) is 31.2 Å². The minimum atomic E-state index is -0.0106. The third-order valence-corrected chi connectivity index (χ3v) is 3.71. The molecule has 1 heterocycles. The maximum atomic E-state index is 11.7. The number of hydrogen-bond acceptors (Lipinski definition) is 3. The lowest BCUT2D eigenvalue weighted by molar-refractivity contribution is -0.124. The second kappa shape index (κ2) is 8.29. The SMILES string of the molecule is CN(CCCCCO)C(=O)/C=C/c1ccc(Cl)s1. The van der Waals surface area contributed by atoms with Crippen molar-refractivity contribution in [3.63, 3.8) is 0 Å². The van der Waals surface area contributed by atoms with Gasteiger partial charge in [-0.25, -0.2) is 0 Å². The number of halogens is 1. The number of rotatable bonds is 7. The van der Waals surface area contributed by atoms with Gasteiger partial charge in [0.1, 0.15) is 0 Å². The van der Waals surface area contributed by atoms with Gasteiger partial charge in [0.05, 0.1) is 4.34 Å². The van der Waals surface area contributed by atoms with E-state index >= 15 is 0 Å². The number of amides is 1. The standard InChI is InChI=1S/C13H18ClNO2S/c1-15(9-3-2-4-10-16)13(17)8-6-11-5-7-12(14)18-11/h5-8,16H,2-4,9-10H2,1H3/b8-6+. The number of hydrogen-bond donors (Lipinski definition) is 1. The topological polar surface area (TPSA) is 40.5 Å². The maximum absolute atomic E-state index is 11.7. The van der Waals surface area contributed by atoms with Crippen molar-refractivity contribution >= 4 is 34.9 Å². The summed E-state index contributed by atoms with van der Waals surface area (Å²) in [5, 5.41) is 8.65. The highest BCUT2D eigenvalue weighted by Crippen LogP contribution is 2.22. The molecule has 0 aliphatic rings. The van der Waals surface area contributed by atoms with Gasteiger partial charge in [-0.3, -0.25) is 4.79 Å². The zero-order valence-corrected chi connectivity index (χ0v) is 12.0. The third kappa shape index (κ3) is 5.67. The monoisotopic (exact) mass is 287 g/mol. The molecule has 0 aliphatic carbocycles. The van der Waals surface area contributed by atoms with Crippen LogP contribution in [0.4, 0.5) is 0 Å². The average Bonchev–Trinajstić information content (AvgIpc) is 2.77. The van der Waals surface area contributed by atoms with Crippen LogP contribution in [0.15, 0.2) is 18.2 Å². The predicted octanol–water partition coefficient (Wildman–Crippen LogP) is 3.04. The van der Waals surface area contributed by atoms with Gasteiger partial charge in [-0.15, -0.1) is 11.3 Å². The fourth-order valence-electron chi connectivity index (χ4n) is 1.45. The van der Waals surface area contributed by atoms with Crippen molar-refractivity contribution in [1.29, 1.82) is 0 Å². The summed E-state index contributed by atoms with van der Waals surface area (Å²) in [6.07, 6.45) is 6.00. The number of aliphatic hydroxyl groups excluding tert-OH is 1. The smallest absolute Gasteiger partial charge is 0.246 e. The van der Waals surface area contributed by atoms with Gasteiger partial charge in [-0.05, 0) is 37.5 Å². The Morgan fingerprint density at radius 2 is 2.22 bits per heavy atom. The Labute approximate surface area is 117 Å². The molecule has 0 fully saturated rings. The van der Waals surface area contributed by atoms with Crippen molar-refractivity contribution in [2.45, 2.75) is 19.3 Å².